The van der Waals surface area contributed by atoms with Crippen molar-refractivity contribution in [3.8, 4) is 0 Å². The number of carboxylic acids is 1. The molecule has 2 atom stereocenters. The molecule has 0 aliphatic carbocycles. The van der Waals surface area contributed by atoms with Crippen LogP contribution in [0.2, 0.25) is 0 Å². The molecule has 0 aromatic carbocycles. The lowest BCUT2D eigenvalue weighted by Crippen LogP contribution is -2.55. The average molecular weight is 300 g/mol. The number of likely N-dealkylation sites (tertiary alicyclic amines) is 1. The fourth-order valence-electron chi connectivity index (χ4n) is 2.69. The minimum absolute atomic E-state index is 0.181. The largest absolute Gasteiger partial charge is 0.480 e. The van der Waals surface area contributed by atoms with Gasteiger partial charge in [-0.2, -0.15) is 0 Å². The molecule has 1 rings (SSSR count). The van der Waals surface area contributed by atoms with Crippen LogP contribution in [0.4, 0.5) is 4.79 Å². The number of hydrogen-bond acceptors (Lipinski definition) is 3. The Balaban J connectivity index is 2.81. The van der Waals surface area contributed by atoms with Crippen molar-refractivity contribution in [2.45, 2.75) is 39.7 Å². The van der Waals surface area contributed by atoms with Gasteiger partial charge in [-0.3, -0.25) is 0 Å². The molecule has 2 unspecified atom stereocenters. The summed E-state index contributed by atoms with van der Waals surface area (Å²) in [7, 11) is 1.60. The second kappa shape index (κ2) is 8.22. The van der Waals surface area contributed by atoms with Gasteiger partial charge < -0.3 is 19.6 Å². The average Bonchev–Trinajstić information content (AvgIpc) is 2.42. The third-order valence-electron chi connectivity index (χ3n) is 3.82. The Morgan fingerprint density at radius 3 is 2.62 bits per heavy atom. The number of piperidine rings is 1. The molecule has 1 saturated heterocycles. The van der Waals surface area contributed by atoms with Crippen molar-refractivity contribution >= 4 is 12.0 Å². The molecule has 21 heavy (non-hydrogen) atoms. The number of nitrogens with zero attached hydrogens (tertiary/aromatic N) is 2. The minimum Gasteiger partial charge on any atom is -0.480 e. The first-order valence-corrected chi connectivity index (χ1v) is 7.64. The molecule has 0 spiro atoms. The van der Waals surface area contributed by atoms with E-state index in [1.54, 1.807) is 12.0 Å². The van der Waals surface area contributed by atoms with Crippen LogP contribution in [0.25, 0.3) is 0 Å². The van der Waals surface area contributed by atoms with E-state index in [0.717, 1.165) is 6.42 Å². The summed E-state index contributed by atoms with van der Waals surface area (Å²) in [5, 5.41) is 9.38. The number of carboxylic acid groups (broad SMARTS) is 1. The number of urea groups is 1. The van der Waals surface area contributed by atoms with Crippen molar-refractivity contribution in [2.75, 3.05) is 33.4 Å². The minimum atomic E-state index is -0.911. The van der Waals surface area contributed by atoms with Crippen molar-refractivity contribution in [1.29, 1.82) is 0 Å². The quantitative estimate of drug-likeness (QED) is 0.813. The van der Waals surface area contributed by atoms with E-state index in [9.17, 15) is 14.7 Å². The van der Waals surface area contributed by atoms with E-state index in [1.165, 1.54) is 4.90 Å². The van der Waals surface area contributed by atoms with E-state index in [2.05, 4.69) is 0 Å². The maximum atomic E-state index is 12.7. The Bertz CT molecular complexity index is 360. The first-order valence-electron chi connectivity index (χ1n) is 7.64. The van der Waals surface area contributed by atoms with Crippen LogP contribution in [0.3, 0.4) is 0 Å². The number of rotatable bonds is 6. The highest BCUT2D eigenvalue weighted by molar-refractivity contribution is 5.83. The van der Waals surface area contributed by atoms with Gasteiger partial charge in [0, 0.05) is 26.7 Å². The van der Waals surface area contributed by atoms with Crippen LogP contribution >= 0.6 is 0 Å². The lowest BCUT2D eigenvalue weighted by molar-refractivity contribution is -0.144. The van der Waals surface area contributed by atoms with Crippen molar-refractivity contribution in [2.24, 2.45) is 11.8 Å². The van der Waals surface area contributed by atoms with Crippen molar-refractivity contribution in [1.82, 2.24) is 9.80 Å². The van der Waals surface area contributed by atoms with Gasteiger partial charge in [0.05, 0.1) is 6.61 Å². The molecule has 1 aliphatic heterocycles. The number of carbonyl (C=O) groups is 2. The van der Waals surface area contributed by atoms with E-state index < -0.39 is 12.0 Å². The summed E-state index contributed by atoms with van der Waals surface area (Å²) < 4.78 is 5.05. The van der Waals surface area contributed by atoms with Crippen LogP contribution in [0.15, 0.2) is 0 Å². The van der Waals surface area contributed by atoms with Crippen LogP contribution in [-0.2, 0) is 9.53 Å². The number of amides is 2. The molecule has 1 aliphatic rings. The molecule has 1 heterocycles. The molecule has 122 valence electrons. The maximum absolute atomic E-state index is 12.7. The Hall–Kier alpha value is -1.30. The molecule has 0 aromatic rings. The summed E-state index contributed by atoms with van der Waals surface area (Å²) in [6, 6.07) is -0.890. The van der Waals surface area contributed by atoms with E-state index in [0.29, 0.717) is 44.5 Å². The van der Waals surface area contributed by atoms with E-state index >= 15 is 0 Å². The van der Waals surface area contributed by atoms with Crippen molar-refractivity contribution < 1.29 is 19.4 Å². The van der Waals surface area contributed by atoms with Gasteiger partial charge in [-0.15, -0.1) is 0 Å². The highest BCUT2D eigenvalue weighted by Gasteiger charge is 2.36. The topological polar surface area (TPSA) is 70.1 Å². The van der Waals surface area contributed by atoms with Gasteiger partial charge in [0.25, 0.3) is 0 Å². The number of aliphatic carboxylic acids is 1. The molecule has 0 saturated carbocycles. The summed E-state index contributed by atoms with van der Waals surface area (Å²) in [6.45, 7) is 8.19. The smallest absolute Gasteiger partial charge is 0.326 e. The van der Waals surface area contributed by atoms with Gasteiger partial charge in [0.1, 0.15) is 6.04 Å². The third-order valence-corrected chi connectivity index (χ3v) is 3.82. The lowest BCUT2D eigenvalue weighted by atomic mass is 9.92. The summed E-state index contributed by atoms with van der Waals surface area (Å²) in [4.78, 5) is 27.4. The standard InChI is InChI=1S/C15H28N2O4/c1-11(2)10-16(7-8-21-4)15(20)17-6-5-12(3)9-13(17)14(18)19/h11-13H,5-10H2,1-4H3,(H,18,19). The molecule has 6 nitrogen and oxygen atoms in total. The van der Waals surface area contributed by atoms with Gasteiger partial charge in [0.15, 0.2) is 0 Å². The van der Waals surface area contributed by atoms with Crippen LogP contribution in [0.1, 0.15) is 33.6 Å². The van der Waals surface area contributed by atoms with Crippen LogP contribution in [0.5, 0.6) is 0 Å². The predicted molar refractivity (Wildman–Crippen MR) is 80.2 cm³/mol. The summed E-state index contributed by atoms with van der Waals surface area (Å²) >= 11 is 0. The molecule has 1 fully saturated rings. The molecular formula is C15H28N2O4. The van der Waals surface area contributed by atoms with Crippen molar-refractivity contribution in [3.05, 3.63) is 0 Å². The SMILES string of the molecule is COCCN(CC(C)C)C(=O)N1CCC(C)CC1C(=O)O. The molecule has 0 radical (unpaired) electrons. The Kier molecular flexibility index (Phi) is 6.95. The van der Waals surface area contributed by atoms with E-state index in [-0.39, 0.29) is 6.03 Å². The second-order valence-corrected chi connectivity index (χ2v) is 6.29. The normalized spacial score (nSPS) is 22.4. The number of methoxy groups -OCH3 is 1. The zero-order chi connectivity index (χ0) is 16.0. The Morgan fingerprint density at radius 1 is 1.43 bits per heavy atom. The zero-order valence-electron chi connectivity index (χ0n) is 13.5. The third kappa shape index (κ3) is 5.19. The van der Waals surface area contributed by atoms with Crippen molar-refractivity contribution in [3.63, 3.8) is 0 Å². The predicted octanol–water partition coefficient (Wildman–Crippen LogP) is 1.90. The highest BCUT2D eigenvalue weighted by Crippen LogP contribution is 2.24. The van der Waals surface area contributed by atoms with Gasteiger partial charge in [-0.25, -0.2) is 9.59 Å². The van der Waals surface area contributed by atoms with E-state index in [4.69, 9.17) is 4.74 Å². The summed E-state index contributed by atoms with van der Waals surface area (Å²) in [6.07, 6.45) is 1.39. The molecular weight excluding hydrogens is 272 g/mol. The maximum Gasteiger partial charge on any atom is 0.326 e. The van der Waals surface area contributed by atoms with E-state index in [1.807, 2.05) is 20.8 Å². The molecule has 6 heteroatoms. The molecule has 0 bridgehead atoms. The first kappa shape index (κ1) is 17.8. The molecule has 2 amide bonds. The van der Waals surface area contributed by atoms with Crippen LogP contribution in [-0.4, -0.2) is 66.3 Å². The van der Waals surface area contributed by atoms with Crippen LogP contribution in [0, 0.1) is 11.8 Å². The first-order chi connectivity index (χ1) is 9.86. The monoisotopic (exact) mass is 300 g/mol. The van der Waals surface area contributed by atoms with Gasteiger partial charge in [0.2, 0.25) is 0 Å². The van der Waals surface area contributed by atoms with Gasteiger partial charge in [-0.1, -0.05) is 20.8 Å². The fourth-order valence-corrected chi connectivity index (χ4v) is 2.69. The highest BCUT2D eigenvalue weighted by atomic mass is 16.5. The van der Waals surface area contributed by atoms with Gasteiger partial charge in [-0.05, 0) is 24.7 Å². The molecule has 0 aromatic heterocycles. The number of carbonyl (C=O) groups excluding carboxylic acids is 1. The lowest BCUT2D eigenvalue weighted by Gasteiger charge is -2.39. The Morgan fingerprint density at radius 2 is 2.10 bits per heavy atom. The zero-order valence-corrected chi connectivity index (χ0v) is 13.5. The fraction of sp³-hybridized carbons (Fsp3) is 0.867. The Labute approximate surface area is 127 Å². The number of ether oxygens (including phenoxy) is 1. The second-order valence-electron chi connectivity index (χ2n) is 6.29. The number of hydrogen-bond donors (Lipinski definition) is 1. The van der Waals surface area contributed by atoms with Crippen LogP contribution < -0.4 is 0 Å². The summed E-state index contributed by atoms with van der Waals surface area (Å²) in [5.41, 5.74) is 0. The molecule has 1 N–H and O–H groups in total. The van der Waals surface area contributed by atoms with Gasteiger partial charge >= 0.3 is 12.0 Å². The summed E-state index contributed by atoms with van der Waals surface area (Å²) in [5.74, 6) is -0.239.